The average molecular weight is 325 g/mol. The quantitative estimate of drug-likeness (QED) is 0.921. The molecular weight excluding hydrogens is 302 g/mol. The van der Waals surface area contributed by atoms with E-state index in [2.05, 4.69) is 18.6 Å². The third-order valence-electron chi connectivity index (χ3n) is 4.99. The molecule has 22 heavy (non-hydrogen) atoms. The van der Waals surface area contributed by atoms with Crippen LogP contribution >= 0.6 is 0 Å². The van der Waals surface area contributed by atoms with Crippen LogP contribution in [0.1, 0.15) is 25.8 Å². The zero-order chi connectivity index (χ0) is 16.1. The molecule has 3 atom stereocenters. The van der Waals surface area contributed by atoms with Crippen molar-refractivity contribution in [2.24, 2.45) is 11.3 Å². The minimum absolute atomic E-state index is 0.102. The molecule has 0 radical (unpaired) electrons. The summed E-state index contributed by atoms with van der Waals surface area (Å²) in [4.78, 5) is 0.202. The molecule has 1 saturated carbocycles. The van der Waals surface area contributed by atoms with E-state index in [1.54, 1.807) is 12.1 Å². The van der Waals surface area contributed by atoms with Crippen molar-refractivity contribution in [2.45, 2.75) is 44.2 Å². The molecule has 1 aromatic rings. The van der Waals surface area contributed by atoms with Crippen molar-refractivity contribution in [3.63, 3.8) is 0 Å². The second-order valence-electron chi connectivity index (χ2n) is 6.82. The summed E-state index contributed by atoms with van der Waals surface area (Å²) in [5, 5.41) is 0. The van der Waals surface area contributed by atoms with E-state index in [1.807, 2.05) is 13.0 Å². The van der Waals surface area contributed by atoms with Gasteiger partial charge in [0.15, 0.2) is 0 Å². The third-order valence-corrected chi connectivity index (χ3v) is 6.45. The van der Waals surface area contributed by atoms with E-state index in [0.29, 0.717) is 12.4 Å². The first kappa shape index (κ1) is 15.8. The number of rotatable bonds is 4. The van der Waals surface area contributed by atoms with Crippen LogP contribution in [0.25, 0.3) is 0 Å². The first-order valence-corrected chi connectivity index (χ1v) is 9.04. The third kappa shape index (κ3) is 2.33. The zero-order valence-electron chi connectivity index (χ0n) is 13.4. The molecule has 5 nitrogen and oxygen atoms in total. The first-order chi connectivity index (χ1) is 10.3. The fraction of sp³-hybridized carbons (Fsp3) is 0.625. The van der Waals surface area contributed by atoms with Crippen molar-refractivity contribution >= 4 is 10.0 Å². The van der Waals surface area contributed by atoms with Gasteiger partial charge in [-0.15, -0.1) is 0 Å². The number of hydrogen-bond acceptors (Lipinski definition) is 4. The minimum atomic E-state index is -3.63. The summed E-state index contributed by atoms with van der Waals surface area (Å²) in [6, 6.07) is 5.08. The van der Waals surface area contributed by atoms with Crippen LogP contribution in [-0.4, -0.2) is 34.3 Å². The van der Waals surface area contributed by atoms with Gasteiger partial charge in [0.25, 0.3) is 0 Å². The molecule has 1 aliphatic heterocycles. The summed E-state index contributed by atoms with van der Waals surface area (Å²) >= 11 is 0. The lowest BCUT2D eigenvalue weighted by atomic mass is 9.58. The first-order valence-electron chi connectivity index (χ1n) is 7.56. The van der Waals surface area contributed by atoms with E-state index in [9.17, 15) is 8.42 Å². The van der Waals surface area contributed by atoms with Gasteiger partial charge in [-0.05, 0) is 31.0 Å². The molecule has 1 aliphatic carbocycles. The summed E-state index contributed by atoms with van der Waals surface area (Å²) < 4.78 is 39.4. The van der Waals surface area contributed by atoms with Gasteiger partial charge >= 0.3 is 0 Å². The fourth-order valence-electron chi connectivity index (χ4n) is 3.79. The Morgan fingerprint density at radius 2 is 2.09 bits per heavy atom. The van der Waals surface area contributed by atoms with Gasteiger partial charge in [0.2, 0.25) is 10.0 Å². The Bertz CT molecular complexity index is 683. The van der Waals surface area contributed by atoms with Gasteiger partial charge in [0.05, 0.1) is 13.2 Å². The highest BCUT2D eigenvalue weighted by molar-refractivity contribution is 7.89. The van der Waals surface area contributed by atoms with Crippen molar-refractivity contribution in [3.05, 3.63) is 23.8 Å². The summed E-state index contributed by atoms with van der Waals surface area (Å²) in [6.07, 6.45) is 1.06. The Hall–Kier alpha value is -1.11. The normalized spacial score (nSPS) is 29.7. The monoisotopic (exact) mass is 325 g/mol. The molecule has 0 bridgehead atoms. The van der Waals surface area contributed by atoms with Gasteiger partial charge in [-0.2, -0.15) is 0 Å². The Morgan fingerprint density at radius 1 is 1.36 bits per heavy atom. The standard InChI is InChI=1S/C16H23NO4S/c1-10-5-6-12(20-4)13(9-10)22(18,19)17-14-11-7-8-21-15(11)16(14,2)3/h5-6,9,11,14-15,17H,7-8H2,1-4H3/t11-,14-,15-/m1/s1. The van der Waals surface area contributed by atoms with Crippen LogP contribution < -0.4 is 9.46 Å². The van der Waals surface area contributed by atoms with Gasteiger partial charge < -0.3 is 9.47 Å². The van der Waals surface area contributed by atoms with Gasteiger partial charge in [0.1, 0.15) is 10.6 Å². The minimum Gasteiger partial charge on any atom is -0.495 e. The Kier molecular flexibility index (Phi) is 3.74. The molecule has 122 valence electrons. The lowest BCUT2D eigenvalue weighted by Gasteiger charge is -2.54. The molecule has 1 heterocycles. The molecule has 6 heteroatoms. The van der Waals surface area contributed by atoms with Crippen LogP contribution in [0.15, 0.2) is 23.1 Å². The molecule has 0 unspecified atom stereocenters. The topological polar surface area (TPSA) is 64.6 Å². The van der Waals surface area contributed by atoms with Crippen LogP contribution in [-0.2, 0) is 14.8 Å². The maximum absolute atomic E-state index is 12.8. The van der Waals surface area contributed by atoms with E-state index in [4.69, 9.17) is 9.47 Å². The highest BCUT2D eigenvalue weighted by atomic mass is 32.2. The molecule has 1 saturated heterocycles. The SMILES string of the molecule is COc1ccc(C)cc1S(=O)(=O)N[C@@H]1[C@H]2CCO[C@H]2C1(C)C. The van der Waals surface area contributed by atoms with Crippen molar-refractivity contribution in [1.82, 2.24) is 4.72 Å². The van der Waals surface area contributed by atoms with E-state index >= 15 is 0 Å². The van der Waals surface area contributed by atoms with Crippen molar-refractivity contribution in [1.29, 1.82) is 0 Å². The lowest BCUT2D eigenvalue weighted by Crippen LogP contribution is -2.66. The predicted molar refractivity (Wildman–Crippen MR) is 83.5 cm³/mol. The fourth-order valence-corrected chi connectivity index (χ4v) is 5.49. The maximum Gasteiger partial charge on any atom is 0.244 e. The summed E-state index contributed by atoms with van der Waals surface area (Å²) in [6.45, 7) is 6.69. The van der Waals surface area contributed by atoms with Crippen LogP contribution in [0.3, 0.4) is 0 Å². The van der Waals surface area contributed by atoms with E-state index in [0.717, 1.165) is 12.0 Å². The Labute approximate surface area is 132 Å². The van der Waals surface area contributed by atoms with Gasteiger partial charge in [0, 0.05) is 24.0 Å². The number of sulfonamides is 1. The van der Waals surface area contributed by atoms with Gasteiger partial charge in [-0.25, -0.2) is 13.1 Å². The van der Waals surface area contributed by atoms with E-state index in [-0.39, 0.29) is 28.4 Å². The molecule has 0 spiro atoms. The van der Waals surface area contributed by atoms with Crippen molar-refractivity contribution < 1.29 is 17.9 Å². The predicted octanol–water partition coefficient (Wildman–Crippen LogP) is 2.10. The molecule has 2 fully saturated rings. The molecule has 0 aromatic heterocycles. The molecule has 0 amide bonds. The number of hydrogen-bond donors (Lipinski definition) is 1. The van der Waals surface area contributed by atoms with Crippen LogP contribution in [0.5, 0.6) is 5.75 Å². The maximum atomic E-state index is 12.8. The number of fused-ring (bicyclic) bond motifs is 1. The highest BCUT2D eigenvalue weighted by Crippen LogP contribution is 2.52. The Morgan fingerprint density at radius 3 is 2.77 bits per heavy atom. The second-order valence-corrected chi connectivity index (χ2v) is 8.50. The number of aryl methyl sites for hydroxylation is 1. The number of methoxy groups -OCH3 is 1. The van der Waals surface area contributed by atoms with Gasteiger partial charge in [-0.3, -0.25) is 0 Å². The second kappa shape index (κ2) is 5.22. The average Bonchev–Trinajstić information content (AvgIpc) is 2.92. The number of ether oxygens (including phenoxy) is 2. The summed E-state index contributed by atoms with van der Waals surface area (Å²) in [7, 11) is -2.14. The molecule has 1 N–H and O–H groups in total. The summed E-state index contributed by atoms with van der Waals surface area (Å²) in [5.74, 6) is 0.634. The lowest BCUT2D eigenvalue weighted by molar-refractivity contribution is -0.105. The van der Waals surface area contributed by atoms with E-state index in [1.165, 1.54) is 7.11 Å². The zero-order valence-corrected chi connectivity index (χ0v) is 14.2. The molecule has 3 rings (SSSR count). The Balaban J connectivity index is 1.90. The van der Waals surface area contributed by atoms with Gasteiger partial charge in [-0.1, -0.05) is 19.9 Å². The smallest absolute Gasteiger partial charge is 0.244 e. The largest absolute Gasteiger partial charge is 0.495 e. The number of benzene rings is 1. The van der Waals surface area contributed by atoms with E-state index < -0.39 is 10.0 Å². The van der Waals surface area contributed by atoms with Crippen LogP contribution in [0.4, 0.5) is 0 Å². The molecular formula is C16H23NO4S. The molecule has 2 aliphatic rings. The molecule has 1 aromatic carbocycles. The number of nitrogens with one attached hydrogen (secondary N) is 1. The van der Waals surface area contributed by atoms with Crippen molar-refractivity contribution in [3.8, 4) is 5.75 Å². The van der Waals surface area contributed by atoms with Crippen LogP contribution in [0, 0.1) is 18.3 Å². The highest BCUT2D eigenvalue weighted by Gasteiger charge is 2.60. The van der Waals surface area contributed by atoms with Crippen LogP contribution in [0.2, 0.25) is 0 Å². The van der Waals surface area contributed by atoms with Crippen molar-refractivity contribution in [2.75, 3.05) is 13.7 Å². The summed E-state index contributed by atoms with van der Waals surface area (Å²) in [5.41, 5.74) is 0.696.